The average molecular weight is 997 g/mol. The largest absolute Gasteiger partial charge is 0.456 e. The van der Waals surface area contributed by atoms with Crippen molar-refractivity contribution >= 4 is 108 Å². The lowest BCUT2D eigenvalue weighted by Gasteiger charge is -2.31. The van der Waals surface area contributed by atoms with E-state index in [1.165, 1.54) is 84.9 Å². The molecule has 0 saturated heterocycles. The molecule has 16 rings (SSSR count). The van der Waals surface area contributed by atoms with Crippen molar-refractivity contribution in [3.63, 3.8) is 0 Å². The summed E-state index contributed by atoms with van der Waals surface area (Å²) >= 11 is 3.71. The summed E-state index contributed by atoms with van der Waals surface area (Å²) in [5, 5.41) is 7.36. The average Bonchev–Trinajstić information content (AvgIpc) is 4.16. The van der Waals surface area contributed by atoms with Gasteiger partial charge in [0.25, 0.3) is 0 Å². The van der Waals surface area contributed by atoms with Crippen molar-refractivity contribution in [2.45, 2.75) is 38.5 Å². The van der Waals surface area contributed by atoms with Crippen LogP contribution in [0, 0.1) is 0 Å². The Labute approximate surface area is 443 Å². The first-order chi connectivity index (χ1) is 36.7. The summed E-state index contributed by atoms with van der Waals surface area (Å²) in [6.45, 7) is 9.46. The van der Waals surface area contributed by atoms with E-state index in [1.807, 2.05) is 22.7 Å². The molecule has 0 atom stereocenters. The maximum Gasteiger partial charge on any atom is 0.137 e. The Morgan fingerprint density at radius 1 is 0.307 bits per heavy atom. The van der Waals surface area contributed by atoms with Gasteiger partial charge in [-0.3, -0.25) is 0 Å². The molecule has 2 aromatic heterocycles. The van der Waals surface area contributed by atoms with Crippen LogP contribution in [0.1, 0.15) is 49.9 Å². The molecule has 3 nitrogen and oxygen atoms in total. The smallest absolute Gasteiger partial charge is 0.137 e. The van der Waals surface area contributed by atoms with Crippen molar-refractivity contribution in [2.24, 2.45) is 0 Å². The van der Waals surface area contributed by atoms with E-state index in [0.29, 0.717) is 0 Å². The van der Waals surface area contributed by atoms with Crippen molar-refractivity contribution in [2.75, 3.05) is 9.80 Å². The van der Waals surface area contributed by atoms with E-state index in [2.05, 4.69) is 256 Å². The van der Waals surface area contributed by atoms with Crippen LogP contribution in [0.15, 0.2) is 218 Å². The third kappa shape index (κ3) is 6.14. The van der Waals surface area contributed by atoms with Crippen molar-refractivity contribution in [1.29, 1.82) is 0 Å². The third-order valence-electron chi connectivity index (χ3n) is 16.8. The highest BCUT2D eigenvalue weighted by molar-refractivity contribution is 7.26. The zero-order chi connectivity index (χ0) is 49.9. The topological polar surface area (TPSA) is 15.7 Å². The summed E-state index contributed by atoms with van der Waals surface area (Å²) in [6, 6.07) is 81.6. The standard InChI is InChI=1S/C70H48N2OS2/c1-69(2)57-19-9-5-14-46(57)48-29-24-43(38-59(48)69)71(41-27-34-66-55(36-41)51-16-7-11-22-64(51)74-66)45-26-31-50-53-32-33-61(54-18-13-21-62(68(53)54)73-63(50)40-45)72(42-28-35-67-56(37-42)52-17-8-12-23-65(52)75-67)44-25-30-49-47-15-6-10-20-58(47)70(3,4)60(49)39-44/h5-40H,1-4H3. The number of benzene rings is 11. The normalized spacial score (nSPS) is 14.2. The Bertz CT molecular complexity index is 4610. The van der Waals surface area contributed by atoms with Gasteiger partial charge in [0.05, 0.1) is 5.69 Å². The molecule has 0 radical (unpaired) electrons. The second-order valence-electron chi connectivity index (χ2n) is 21.6. The van der Waals surface area contributed by atoms with Gasteiger partial charge >= 0.3 is 0 Å². The van der Waals surface area contributed by atoms with Crippen LogP contribution in [-0.4, -0.2) is 0 Å². The molecule has 0 amide bonds. The van der Waals surface area contributed by atoms with Gasteiger partial charge in [-0.25, -0.2) is 0 Å². The van der Waals surface area contributed by atoms with Gasteiger partial charge in [-0.05, 0) is 147 Å². The fraction of sp³-hybridized carbons (Fsp3) is 0.0857. The summed E-state index contributed by atoms with van der Waals surface area (Å²) in [6.07, 6.45) is 0. The van der Waals surface area contributed by atoms with E-state index >= 15 is 0 Å². The van der Waals surface area contributed by atoms with Gasteiger partial charge in [0, 0.05) is 102 Å². The fourth-order valence-electron chi connectivity index (χ4n) is 13.2. The van der Waals surface area contributed by atoms with E-state index < -0.39 is 0 Å². The zero-order valence-corrected chi connectivity index (χ0v) is 43.5. The highest BCUT2D eigenvalue weighted by atomic mass is 32.1. The van der Waals surface area contributed by atoms with Crippen LogP contribution >= 0.6 is 22.7 Å². The Balaban J connectivity index is 0.860. The molecule has 1 aliphatic heterocycles. The van der Waals surface area contributed by atoms with E-state index in [9.17, 15) is 0 Å². The molecule has 13 aromatic rings. The molecule has 0 bridgehead atoms. The molecule has 11 aromatic carbocycles. The summed E-state index contributed by atoms with van der Waals surface area (Å²) in [7, 11) is 0. The molecule has 0 unspecified atom stereocenters. The van der Waals surface area contributed by atoms with Crippen LogP contribution in [-0.2, 0) is 10.8 Å². The number of hydrogen-bond donors (Lipinski definition) is 0. The first-order valence-corrected chi connectivity index (χ1v) is 27.6. The molecule has 5 heteroatoms. The number of ether oxygens (including phenoxy) is 1. The quantitative estimate of drug-likeness (QED) is 0.165. The van der Waals surface area contributed by atoms with E-state index in [1.54, 1.807) is 0 Å². The molecular formula is C70H48N2OS2. The Hall–Kier alpha value is -8.48. The number of hydrogen-bond acceptors (Lipinski definition) is 5. The molecule has 2 aliphatic carbocycles. The zero-order valence-electron chi connectivity index (χ0n) is 41.9. The van der Waals surface area contributed by atoms with Crippen LogP contribution in [0.5, 0.6) is 11.5 Å². The molecule has 3 aliphatic rings. The Morgan fingerprint density at radius 3 is 1.36 bits per heavy atom. The molecule has 3 heterocycles. The van der Waals surface area contributed by atoms with Crippen LogP contribution in [0.4, 0.5) is 34.1 Å². The summed E-state index contributed by atoms with van der Waals surface area (Å²) < 4.78 is 12.4. The number of rotatable bonds is 6. The predicted molar refractivity (Wildman–Crippen MR) is 320 cm³/mol. The minimum Gasteiger partial charge on any atom is -0.456 e. The van der Waals surface area contributed by atoms with Crippen molar-refractivity contribution < 1.29 is 4.74 Å². The van der Waals surface area contributed by atoms with Crippen LogP contribution in [0.25, 0.3) is 84.5 Å². The van der Waals surface area contributed by atoms with E-state index in [-0.39, 0.29) is 10.8 Å². The van der Waals surface area contributed by atoms with Gasteiger partial charge in [-0.15, -0.1) is 22.7 Å². The van der Waals surface area contributed by atoms with E-state index in [4.69, 9.17) is 4.74 Å². The predicted octanol–water partition coefficient (Wildman–Crippen LogP) is 20.9. The number of fused-ring (bicyclic) bond motifs is 14. The van der Waals surface area contributed by atoms with Gasteiger partial charge in [0.15, 0.2) is 0 Å². The van der Waals surface area contributed by atoms with Gasteiger partial charge in [0.1, 0.15) is 11.5 Å². The highest BCUT2D eigenvalue weighted by Crippen LogP contribution is 2.56. The van der Waals surface area contributed by atoms with Gasteiger partial charge < -0.3 is 14.5 Å². The molecule has 0 fully saturated rings. The molecule has 75 heavy (non-hydrogen) atoms. The highest BCUT2D eigenvalue weighted by Gasteiger charge is 2.38. The SMILES string of the molecule is CC1(C)c2ccccc2-c2ccc(N(c3ccc4c(c3)Oc3cccc5c(N(c6ccc7c(c6)C(C)(C)c6ccccc6-7)c6ccc7sc8ccccc8c7c6)ccc-4c35)c3ccc4sc5ccccc5c4c3)cc21. The van der Waals surface area contributed by atoms with E-state index in [0.717, 1.165) is 67.5 Å². The summed E-state index contributed by atoms with van der Waals surface area (Å²) in [5.74, 6) is 1.70. The van der Waals surface area contributed by atoms with Crippen molar-refractivity contribution in [3.8, 4) is 44.9 Å². The monoisotopic (exact) mass is 996 g/mol. The third-order valence-corrected chi connectivity index (χ3v) is 19.1. The van der Waals surface area contributed by atoms with Crippen molar-refractivity contribution in [3.05, 3.63) is 241 Å². The minimum absolute atomic E-state index is 0.148. The number of anilines is 6. The van der Waals surface area contributed by atoms with Crippen LogP contribution in [0.2, 0.25) is 0 Å². The first-order valence-electron chi connectivity index (χ1n) is 26.0. The second-order valence-corrected chi connectivity index (χ2v) is 23.8. The first kappa shape index (κ1) is 43.0. The fourth-order valence-corrected chi connectivity index (χ4v) is 15.4. The lowest BCUT2D eigenvalue weighted by molar-refractivity contribution is 0.487. The van der Waals surface area contributed by atoms with Gasteiger partial charge in [0.2, 0.25) is 0 Å². The summed E-state index contributed by atoms with van der Waals surface area (Å²) in [4.78, 5) is 4.91. The maximum absolute atomic E-state index is 7.20. The number of thiophene rings is 2. The molecule has 356 valence electrons. The molecule has 0 N–H and O–H groups in total. The Kier molecular flexibility index (Phi) is 8.90. The molecule has 0 spiro atoms. The molecule has 0 saturated carbocycles. The van der Waals surface area contributed by atoms with Gasteiger partial charge in [-0.1, -0.05) is 143 Å². The van der Waals surface area contributed by atoms with Crippen LogP contribution in [0.3, 0.4) is 0 Å². The van der Waals surface area contributed by atoms with Crippen LogP contribution < -0.4 is 14.5 Å². The summed E-state index contributed by atoms with van der Waals surface area (Å²) in [5.41, 5.74) is 19.2. The lowest BCUT2D eigenvalue weighted by Crippen LogP contribution is -2.17. The Morgan fingerprint density at radius 2 is 0.747 bits per heavy atom. The number of nitrogens with zero attached hydrogens (tertiary/aromatic N) is 2. The minimum atomic E-state index is -0.152. The second kappa shape index (κ2) is 15.5. The van der Waals surface area contributed by atoms with Gasteiger partial charge in [-0.2, -0.15) is 0 Å². The molecular weight excluding hydrogens is 949 g/mol. The maximum atomic E-state index is 7.20. The lowest BCUT2D eigenvalue weighted by atomic mass is 9.82. The van der Waals surface area contributed by atoms with Crippen molar-refractivity contribution in [1.82, 2.24) is 0 Å².